The summed E-state index contributed by atoms with van der Waals surface area (Å²) in [6.45, 7) is 3.75. The van der Waals surface area contributed by atoms with Gasteiger partial charge in [0.1, 0.15) is 0 Å². The van der Waals surface area contributed by atoms with Gasteiger partial charge in [0.2, 0.25) is 0 Å². The van der Waals surface area contributed by atoms with E-state index in [1.807, 2.05) is 13.8 Å². The molecule has 0 fully saturated rings. The summed E-state index contributed by atoms with van der Waals surface area (Å²) < 4.78 is 12.1. The maximum atomic E-state index is 12.1. The average molecular weight is 304 g/mol. The number of hydrogen-bond donors (Lipinski definition) is 0. The molecule has 0 saturated heterocycles. The van der Waals surface area contributed by atoms with Crippen LogP contribution in [-0.4, -0.2) is 9.96 Å². The van der Waals surface area contributed by atoms with E-state index < -0.39 is 10.8 Å². The summed E-state index contributed by atoms with van der Waals surface area (Å²) in [5.41, 5.74) is -0.373. The smallest absolute Gasteiger partial charge is 0.0683 e. The third kappa shape index (κ3) is 4.61. The van der Waals surface area contributed by atoms with Crippen LogP contribution in [-0.2, 0) is 10.8 Å². The number of nitrogens with zero attached hydrogens (tertiary/aromatic N) is 1. The fraction of sp³-hybridized carbons (Fsp3) is 0.462. The predicted molar refractivity (Wildman–Crippen MR) is 76.4 cm³/mol. The number of benzene rings is 1. The number of rotatable bonds is 5. The maximum Gasteiger partial charge on any atom is 0.0683 e. The lowest BCUT2D eigenvalue weighted by atomic mass is 9.90. The van der Waals surface area contributed by atoms with Crippen LogP contribution in [0.3, 0.4) is 0 Å². The molecule has 0 spiro atoms. The van der Waals surface area contributed by atoms with E-state index in [9.17, 15) is 4.21 Å². The standard InChI is InChI=1S/C13H15Cl2NOS/c1-13(2,9-16)6-3-7-18(17)12-8-10(14)4-5-11(12)15/h4-5,8H,3,6-7H2,1-2H3. The van der Waals surface area contributed by atoms with E-state index in [4.69, 9.17) is 28.5 Å². The summed E-state index contributed by atoms with van der Waals surface area (Å²) in [4.78, 5) is 0.568. The second-order valence-corrected chi connectivity index (χ2v) is 7.11. The predicted octanol–water partition coefficient (Wildman–Crippen LogP) is 4.43. The van der Waals surface area contributed by atoms with Gasteiger partial charge in [-0.2, -0.15) is 5.26 Å². The minimum absolute atomic E-state index is 0.373. The molecule has 0 N–H and O–H groups in total. The van der Waals surface area contributed by atoms with Crippen LogP contribution in [0.2, 0.25) is 10.0 Å². The van der Waals surface area contributed by atoms with E-state index in [0.717, 1.165) is 6.42 Å². The molecule has 98 valence electrons. The van der Waals surface area contributed by atoms with Gasteiger partial charge in [-0.25, -0.2) is 0 Å². The largest absolute Gasteiger partial charge is 0.254 e. The molecule has 0 aliphatic rings. The van der Waals surface area contributed by atoms with Crippen LogP contribution >= 0.6 is 23.2 Å². The topological polar surface area (TPSA) is 40.9 Å². The Bertz CT molecular complexity index is 494. The summed E-state index contributed by atoms with van der Waals surface area (Å²) in [6.07, 6.45) is 1.43. The number of nitriles is 1. The third-order valence-electron chi connectivity index (χ3n) is 2.57. The highest BCUT2D eigenvalue weighted by Crippen LogP contribution is 2.26. The zero-order valence-corrected chi connectivity index (χ0v) is 12.7. The average Bonchev–Trinajstić information content (AvgIpc) is 2.32. The zero-order valence-electron chi connectivity index (χ0n) is 10.4. The second kappa shape index (κ2) is 6.56. The van der Waals surface area contributed by atoms with E-state index in [2.05, 4.69) is 6.07 Å². The van der Waals surface area contributed by atoms with Crippen LogP contribution in [0.5, 0.6) is 0 Å². The Kier molecular flexibility index (Phi) is 5.65. The van der Waals surface area contributed by atoms with Crippen molar-refractivity contribution in [3.63, 3.8) is 0 Å². The van der Waals surface area contributed by atoms with Gasteiger partial charge < -0.3 is 0 Å². The van der Waals surface area contributed by atoms with Crippen LogP contribution in [0.4, 0.5) is 0 Å². The van der Waals surface area contributed by atoms with Crippen LogP contribution in [0.1, 0.15) is 26.7 Å². The molecule has 0 aliphatic heterocycles. The van der Waals surface area contributed by atoms with Crippen molar-refractivity contribution in [2.24, 2.45) is 5.41 Å². The molecule has 0 bridgehead atoms. The molecule has 1 aromatic carbocycles. The van der Waals surface area contributed by atoms with E-state index >= 15 is 0 Å². The van der Waals surface area contributed by atoms with Crippen molar-refractivity contribution in [3.8, 4) is 6.07 Å². The van der Waals surface area contributed by atoms with Crippen molar-refractivity contribution in [1.82, 2.24) is 0 Å². The van der Waals surface area contributed by atoms with Crippen molar-refractivity contribution in [2.45, 2.75) is 31.6 Å². The van der Waals surface area contributed by atoms with E-state index in [1.54, 1.807) is 18.2 Å². The van der Waals surface area contributed by atoms with Crippen LogP contribution in [0.25, 0.3) is 0 Å². The Morgan fingerprint density at radius 1 is 1.39 bits per heavy atom. The highest BCUT2D eigenvalue weighted by atomic mass is 35.5. The van der Waals surface area contributed by atoms with Crippen LogP contribution in [0, 0.1) is 16.7 Å². The molecule has 0 aromatic heterocycles. The van der Waals surface area contributed by atoms with Crippen molar-refractivity contribution >= 4 is 34.0 Å². The molecule has 1 rings (SSSR count). The third-order valence-corrected chi connectivity index (χ3v) is 4.74. The summed E-state index contributed by atoms with van der Waals surface area (Å²) in [5, 5.41) is 9.89. The normalized spacial score (nSPS) is 13.1. The Balaban J connectivity index is 2.62. The molecule has 18 heavy (non-hydrogen) atoms. The molecule has 0 heterocycles. The quantitative estimate of drug-likeness (QED) is 0.807. The summed E-state index contributed by atoms with van der Waals surface area (Å²) in [7, 11) is -1.17. The Morgan fingerprint density at radius 2 is 2.06 bits per heavy atom. The van der Waals surface area contributed by atoms with Crippen molar-refractivity contribution in [1.29, 1.82) is 5.26 Å². The van der Waals surface area contributed by atoms with Crippen molar-refractivity contribution < 1.29 is 4.21 Å². The Hall–Kier alpha value is -0.560. The lowest BCUT2D eigenvalue weighted by Gasteiger charge is -2.14. The van der Waals surface area contributed by atoms with Gasteiger partial charge in [-0.3, -0.25) is 4.21 Å². The van der Waals surface area contributed by atoms with Gasteiger partial charge in [0.15, 0.2) is 0 Å². The van der Waals surface area contributed by atoms with E-state index in [1.165, 1.54) is 0 Å². The van der Waals surface area contributed by atoms with Crippen LogP contribution in [0.15, 0.2) is 23.1 Å². The molecule has 2 nitrogen and oxygen atoms in total. The SMILES string of the molecule is CC(C)(C#N)CCCS(=O)c1cc(Cl)ccc1Cl. The van der Waals surface area contributed by atoms with Crippen LogP contribution < -0.4 is 0 Å². The molecule has 1 aromatic rings. The highest BCUT2D eigenvalue weighted by Gasteiger charge is 2.17. The molecule has 1 unspecified atom stereocenters. The molecular formula is C13H15Cl2NOS. The monoisotopic (exact) mass is 303 g/mol. The lowest BCUT2D eigenvalue weighted by molar-refractivity contribution is 0.447. The van der Waals surface area contributed by atoms with Gasteiger partial charge in [-0.1, -0.05) is 23.2 Å². The molecule has 1 atom stereocenters. The van der Waals surface area contributed by atoms with Crippen molar-refractivity contribution in [2.75, 3.05) is 5.75 Å². The Labute approximate surface area is 120 Å². The summed E-state index contributed by atoms with van der Waals surface area (Å²) in [5.74, 6) is 0.491. The van der Waals surface area contributed by atoms with Gasteiger partial charge in [0.05, 0.1) is 32.2 Å². The first-order chi connectivity index (χ1) is 8.35. The van der Waals surface area contributed by atoms with E-state index in [-0.39, 0.29) is 5.41 Å². The maximum absolute atomic E-state index is 12.1. The molecule has 0 amide bonds. The summed E-state index contributed by atoms with van der Waals surface area (Å²) in [6, 6.07) is 7.18. The summed E-state index contributed by atoms with van der Waals surface area (Å²) >= 11 is 11.8. The van der Waals surface area contributed by atoms with Gasteiger partial charge in [-0.05, 0) is 44.9 Å². The number of halogens is 2. The number of hydrogen-bond acceptors (Lipinski definition) is 2. The van der Waals surface area contributed by atoms with Gasteiger partial charge in [0, 0.05) is 10.8 Å². The lowest BCUT2D eigenvalue weighted by Crippen LogP contribution is -2.10. The fourth-order valence-electron chi connectivity index (χ4n) is 1.46. The van der Waals surface area contributed by atoms with E-state index in [0.29, 0.717) is 27.1 Å². The minimum atomic E-state index is -1.17. The fourth-order valence-corrected chi connectivity index (χ4v) is 3.25. The molecule has 0 radical (unpaired) electrons. The molecule has 5 heteroatoms. The zero-order chi connectivity index (χ0) is 13.8. The molecular weight excluding hydrogens is 289 g/mol. The first-order valence-electron chi connectivity index (χ1n) is 5.60. The van der Waals surface area contributed by atoms with Gasteiger partial charge in [0.25, 0.3) is 0 Å². The highest BCUT2D eigenvalue weighted by molar-refractivity contribution is 7.85. The Morgan fingerprint density at radius 3 is 2.67 bits per heavy atom. The first-order valence-corrected chi connectivity index (χ1v) is 7.68. The minimum Gasteiger partial charge on any atom is -0.254 e. The first kappa shape index (κ1) is 15.5. The second-order valence-electron chi connectivity index (χ2n) is 4.72. The van der Waals surface area contributed by atoms with Crippen molar-refractivity contribution in [3.05, 3.63) is 28.2 Å². The van der Waals surface area contributed by atoms with Gasteiger partial charge >= 0.3 is 0 Å². The van der Waals surface area contributed by atoms with Gasteiger partial charge in [-0.15, -0.1) is 0 Å². The molecule has 0 aliphatic carbocycles. The molecule has 0 saturated carbocycles.